The van der Waals surface area contributed by atoms with E-state index in [1.165, 1.54) is 0 Å². The number of aromatic nitrogens is 1. The molecule has 0 aliphatic carbocycles. The Bertz CT molecular complexity index is 430. The topological polar surface area (TPSA) is 77.2 Å². The zero-order chi connectivity index (χ0) is 13.7. The zero-order valence-corrected chi connectivity index (χ0v) is 11.3. The molecule has 104 valence electrons. The van der Waals surface area contributed by atoms with Crippen LogP contribution in [0.15, 0.2) is 18.3 Å². The van der Waals surface area contributed by atoms with E-state index < -0.39 is 0 Å². The summed E-state index contributed by atoms with van der Waals surface area (Å²) in [5.74, 6) is 0.738. The molecular weight excluding hydrogens is 242 g/mol. The Labute approximate surface area is 113 Å². The average Bonchev–Trinajstić information content (AvgIpc) is 2.43. The van der Waals surface area contributed by atoms with Gasteiger partial charge in [-0.25, -0.2) is 4.98 Å². The average molecular weight is 263 g/mol. The van der Waals surface area contributed by atoms with E-state index in [2.05, 4.69) is 10.3 Å². The standard InChI is InChI=1S/C14H21N3O2/c1-10-3-2-6-16-13(10)17-14(18)12(9-15)11-4-7-19-8-5-11/h2-3,6,11-12H,4-5,7-9,15H2,1H3,(H,16,17,18). The molecule has 1 atom stereocenters. The van der Waals surface area contributed by atoms with Crippen molar-refractivity contribution < 1.29 is 9.53 Å². The fourth-order valence-electron chi connectivity index (χ4n) is 2.46. The highest BCUT2D eigenvalue weighted by atomic mass is 16.5. The van der Waals surface area contributed by atoms with Crippen molar-refractivity contribution in [1.29, 1.82) is 0 Å². The number of aryl methyl sites for hydroxylation is 1. The fourth-order valence-corrected chi connectivity index (χ4v) is 2.46. The summed E-state index contributed by atoms with van der Waals surface area (Å²) in [5.41, 5.74) is 6.73. The SMILES string of the molecule is Cc1cccnc1NC(=O)C(CN)C1CCOCC1. The number of carbonyl (C=O) groups excluding carboxylic acids is 1. The summed E-state index contributed by atoms with van der Waals surface area (Å²) in [5, 5.41) is 2.89. The quantitative estimate of drug-likeness (QED) is 0.859. The Morgan fingerprint density at radius 3 is 2.95 bits per heavy atom. The summed E-state index contributed by atoms with van der Waals surface area (Å²) in [6.07, 6.45) is 3.47. The lowest BCUT2D eigenvalue weighted by atomic mass is 9.85. The van der Waals surface area contributed by atoms with E-state index in [1.54, 1.807) is 6.20 Å². The van der Waals surface area contributed by atoms with E-state index in [9.17, 15) is 4.79 Å². The van der Waals surface area contributed by atoms with Gasteiger partial charge in [-0.15, -0.1) is 0 Å². The van der Waals surface area contributed by atoms with Gasteiger partial charge in [0.25, 0.3) is 0 Å². The van der Waals surface area contributed by atoms with Crippen LogP contribution in [0, 0.1) is 18.8 Å². The van der Waals surface area contributed by atoms with E-state index in [1.807, 2.05) is 19.1 Å². The molecule has 2 heterocycles. The van der Waals surface area contributed by atoms with Gasteiger partial charge in [0, 0.05) is 26.0 Å². The molecule has 0 aromatic carbocycles. The first-order valence-electron chi connectivity index (χ1n) is 6.72. The lowest BCUT2D eigenvalue weighted by Crippen LogP contribution is -2.38. The van der Waals surface area contributed by atoms with Crippen LogP contribution in [0.1, 0.15) is 18.4 Å². The third kappa shape index (κ3) is 3.52. The van der Waals surface area contributed by atoms with Crippen LogP contribution in [0.4, 0.5) is 5.82 Å². The number of amides is 1. The third-order valence-electron chi connectivity index (χ3n) is 3.68. The fraction of sp³-hybridized carbons (Fsp3) is 0.571. The van der Waals surface area contributed by atoms with Crippen molar-refractivity contribution in [3.05, 3.63) is 23.9 Å². The Morgan fingerprint density at radius 1 is 1.58 bits per heavy atom. The molecule has 1 aliphatic rings. The molecule has 19 heavy (non-hydrogen) atoms. The third-order valence-corrected chi connectivity index (χ3v) is 3.68. The maximum Gasteiger partial charge on any atom is 0.230 e. The van der Waals surface area contributed by atoms with Crippen LogP contribution in [0.25, 0.3) is 0 Å². The van der Waals surface area contributed by atoms with Crippen LogP contribution >= 0.6 is 0 Å². The maximum atomic E-state index is 12.3. The van der Waals surface area contributed by atoms with Gasteiger partial charge < -0.3 is 15.8 Å². The number of carbonyl (C=O) groups is 1. The normalized spacial score (nSPS) is 18.0. The molecule has 1 aromatic heterocycles. The molecule has 1 fully saturated rings. The summed E-state index contributed by atoms with van der Waals surface area (Å²) in [7, 11) is 0. The van der Waals surface area contributed by atoms with E-state index in [0.29, 0.717) is 18.3 Å². The molecule has 0 bridgehead atoms. The predicted molar refractivity (Wildman–Crippen MR) is 73.7 cm³/mol. The summed E-state index contributed by atoms with van der Waals surface area (Å²) in [6.45, 7) is 3.73. The summed E-state index contributed by atoms with van der Waals surface area (Å²) < 4.78 is 5.33. The van der Waals surface area contributed by atoms with Crippen molar-refractivity contribution >= 4 is 11.7 Å². The molecule has 5 heteroatoms. The largest absolute Gasteiger partial charge is 0.381 e. The van der Waals surface area contributed by atoms with Crippen LogP contribution < -0.4 is 11.1 Å². The molecule has 1 saturated heterocycles. The molecule has 0 saturated carbocycles. The van der Waals surface area contributed by atoms with Gasteiger partial charge in [-0.1, -0.05) is 6.07 Å². The molecule has 3 N–H and O–H groups in total. The second-order valence-corrected chi connectivity index (χ2v) is 4.95. The van der Waals surface area contributed by atoms with Gasteiger partial charge in [-0.05, 0) is 37.3 Å². The minimum absolute atomic E-state index is 0.0313. The van der Waals surface area contributed by atoms with Crippen molar-refractivity contribution in [3.8, 4) is 0 Å². The number of ether oxygens (including phenoxy) is 1. The Morgan fingerprint density at radius 2 is 2.32 bits per heavy atom. The molecule has 1 aliphatic heterocycles. The summed E-state index contributed by atoms with van der Waals surface area (Å²) in [4.78, 5) is 16.5. The molecule has 1 unspecified atom stereocenters. The number of hydrogen-bond donors (Lipinski definition) is 2. The van der Waals surface area contributed by atoms with Crippen molar-refractivity contribution in [2.45, 2.75) is 19.8 Å². The number of nitrogens with two attached hydrogens (primary N) is 1. The Kier molecular flexibility index (Phi) is 4.87. The van der Waals surface area contributed by atoms with Crippen molar-refractivity contribution in [3.63, 3.8) is 0 Å². The van der Waals surface area contributed by atoms with Crippen LogP contribution in [-0.4, -0.2) is 30.6 Å². The number of nitrogens with zero attached hydrogens (tertiary/aromatic N) is 1. The van der Waals surface area contributed by atoms with Gasteiger partial charge in [0.15, 0.2) is 0 Å². The first-order chi connectivity index (χ1) is 9.22. The highest BCUT2D eigenvalue weighted by Gasteiger charge is 2.29. The zero-order valence-electron chi connectivity index (χ0n) is 11.3. The molecule has 0 spiro atoms. The van der Waals surface area contributed by atoms with E-state index >= 15 is 0 Å². The molecule has 0 radical (unpaired) electrons. The lowest BCUT2D eigenvalue weighted by molar-refractivity contribution is -0.122. The smallest absolute Gasteiger partial charge is 0.230 e. The van der Waals surface area contributed by atoms with Crippen molar-refractivity contribution in [1.82, 2.24) is 4.98 Å². The second kappa shape index (κ2) is 6.63. The molecular formula is C14H21N3O2. The Balaban J connectivity index is 2.02. The highest BCUT2D eigenvalue weighted by molar-refractivity contribution is 5.92. The minimum Gasteiger partial charge on any atom is -0.381 e. The van der Waals surface area contributed by atoms with Crippen LogP contribution in [0.5, 0.6) is 0 Å². The number of pyridine rings is 1. The first kappa shape index (κ1) is 14.0. The van der Waals surface area contributed by atoms with Crippen LogP contribution in [-0.2, 0) is 9.53 Å². The van der Waals surface area contributed by atoms with Gasteiger partial charge in [-0.2, -0.15) is 0 Å². The van der Waals surface area contributed by atoms with Gasteiger partial charge in [0.1, 0.15) is 5.82 Å². The molecule has 1 amide bonds. The second-order valence-electron chi connectivity index (χ2n) is 4.95. The summed E-state index contributed by atoms with van der Waals surface area (Å²) in [6, 6.07) is 3.78. The summed E-state index contributed by atoms with van der Waals surface area (Å²) >= 11 is 0. The first-order valence-corrected chi connectivity index (χ1v) is 6.72. The molecule has 5 nitrogen and oxygen atoms in total. The lowest BCUT2D eigenvalue weighted by Gasteiger charge is -2.28. The van der Waals surface area contributed by atoms with Gasteiger partial charge in [-0.3, -0.25) is 4.79 Å². The van der Waals surface area contributed by atoms with Gasteiger partial charge in [0.2, 0.25) is 5.91 Å². The highest BCUT2D eigenvalue weighted by Crippen LogP contribution is 2.24. The minimum atomic E-state index is -0.162. The van der Waals surface area contributed by atoms with Crippen molar-refractivity contribution in [2.24, 2.45) is 17.6 Å². The van der Waals surface area contributed by atoms with E-state index in [0.717, 1.165) is 31.6 Å². The number of hydrogen-bond acceptors (Lipinski definition) is 4. The van der Waals surface area contributed by atoms with Crippen molar-refractivity contribution in [2.75, 3.05) is 25.1 Å². The van der Waals surface area contributed by atoms with E-state index in [4.69, 9.17) is 10.5 Å². The van der Waals surface area contributed by atoms with E-state index in [-0.39, 0.29) is 11.8 Å². The molecule has 2 rings (SSSR count). The number of anilines is 1. The number of rotatable bonds is 4. The Hall–Kier alpha value is -1.46. The monoisotopic (exact) mass is 263 g/mol. The maximum absolute atomic E-state index is 12.3. The van der Waals surface area contributed by atoms with Crippen LogP contribution in [0.3, 0.4) is 0 Å². The van der Waals surface area contributed by atoms with Gasteiger partial charge in [0.05, 0.1) is 5.92 Å². The van der Waals surface area contributed by atoms with Crippen LogP contribution in [0.2, 0.25) is 0 Å². The number of nitrogens with one attached hydrogen (secondary N) is 1. The van der Waals surface area contributed by atoms with Gasteiger partial charge >= 0.3 is 0 Å². The predicted octanol–water partition coefficient (Wildman–Crippen LogP) is 1.33. The molecule has 1 aromatic rings.